The number of aryl methyl sites for hydroxylation is 1. The monoisotopic (exact) mass is 407 g/mol. The smallest absolute Gasteiger partial charge is 0.257 e. The first-order chi connectivity index (χ1) is 14.5. The number of para-hydroxylation sites is 1. The molecule has 0 radical (unpaired) electrons. The first kappa shape index (κ1) is 20.9. The van der Waals surface area contributed by atoms with E-state index >= 15 is 0 Å². The molecule has 0 bridgehead atoms. The van der Waals surface area contributed by atoms with Crippen LogP contribution in [0.3, 0.4) is 0 Å². The highest BCUT2D eigenvalue weighted by atomic mass is 19.1. The lowest BCUT2D eigenvalue weighted by Gasteiger charge is -2.14. The fourth-order valence-corrected chi connectivity index (χ4v) is 2.86. The van der Waals surface area contributed by atoms with Crippen LogP contribution in [-0.2, 0) is 4.79 Å². The predicted octanol–water partition coefficient (Wildman–Crippen LogP) is 4.45. The van der Waals surface area contributed by atoms with E-state index in [0.29, 0.717) is 28.4 Å². The van der Waals surface area contributed by atoms with Crippen LogP contribution in [0.5, 0.6) is 5.75 Å². The topological polar surface area (TPSA) is 79.5 Å². The van der Waals surface area contributed by atoms with Gasteiger partial charge in [-0.1, -0.05) is 18.2 Å². The zero-order valence-corrected chi connectivity index (χ0v) is 16.7. The van der Waals surface area contributed by atoms with Gasteiger partial charge in [0.15, 0.2) is 0 Å². The zero-order valence-electron chi connectivity index (χ0n) is 16.7. The van der Waals surface area contributed by atoms with Crippen molar-refractivity contribution in [2.45, 2.75) is 6.92 Å². The predicted molar refractivity (Wildman–Crippen MR) is 116 cm³/mol. The molecule has 0 aliphatic rings. The minimum atomic E-state index is -0.383. The van der Waals surface area contributed by atoms with Gasteiger partial charge in [-0.2, -0.15) is 0 Å². The van der Waals surface area contributed by atoms with E-state index < -0.39 is 0 Å². The van der Waals surface area contributed by atoms with Crippen molar-refractivity contribution in [1.82, 2.24) is 0 Å². The summed E-state index contributed by atoms with van der Waals surface area (Å²) in [5, 5.41) is 8.50. The number of hydrogen-bond acceptors (Lipinski definition) is 4. The number of carbonyl (C=O) groups is 2. The van der Waals surface area contributed by atoms with Crippen LogP contribution in [0.15, 0.2) is 66.7 Å². The number of hydrogen-bond donors (Lipinski definition) is 3. The van der Waals surface area contributed by atoms with Gasteiger partial charge in [0.05, 0.1) is 24.9 Å². The van der Waals surface area contributed by atoms with Crippen LogP contribution in [0.2, 0.25) is 0 Å². The number of methoxy groups -OCH3 is 1. The summed E-state index contributed by atoms with van der Waals surface area (Å²) in [7, 11) is 1.54. The third-order valence-electron chi connectivity index (χ3n) is 4.34. The summed E-state index contributed by atoms with van der Waals surface area (Å²) < 4.78 is 18.3. The molecular formula is C23H22FN3O3. The van der Waals surface area contributed by atoms with Gasteiger partial charge in [-0.15, -0.1) is 0 Å². The molecule has 30 heavy (non-hydrogen) atoms. The Morgan fingerprint density at radius 1 is 0.933 bits per heavy atom. The molecular weight excluding hydrogens is 385 g/mol. The average Bonchev–Trinajstić information content (AvgIpc) is 2.74. The Bertz CT molecular complexity index is 1050. The van der Waals surface area contributed by atoms with E-state index in [-0.39, 0.29) is 24.2 Å². The van der Waals surface area contributed by atoms with E-state index in [2.05, 4.69) is 16.0 Å². The maximum Gasteiger partial charge on any atom is 0.257 e. The Morgan fingerprint density at radius 3 is 2.40 bits per heavy atom. The normalized spacial score (nSPS) is 10.2. The van der Waals surface area contributed by atoms with Crippen LogP contribution in [0, 0.1) is 12.7 Å². The summed E-state index contributed by atoms with van der Waals surface area (Å²) in [6.45, 7) is 1.88. The van der Waals surface area contributed by atoms with Gasteiger partial charge in [-0.05, 0) is 61.0 Å². The molecule has 0 fully saturated rings. The molecule has 0 saturated carbocycles. The molecule has 0 saturated heterocycles. The van der Waals surface area contributed by atoms with Crippen LogP contribution in [0.1, 0.15) is 15.9 Å². The Balaban J connectivity index is 1.66. The maximum atomic E-state index is 13.0. The molecule has 7 heteroatoms. The number of rotatable bonds is 7. The molecule has 0 spiro atoms. The molecule has 2 amide bonds. The Morgan fingerprint density at radius 2 is 1.67 bits per heavy atom. The van der Waals surface area contributed by atoms with Gasteiger partial charge in [-0.25, -0.2) is 4.39 Å². The molecule has 154 valence electrons. The van der Waals surface area contributed by atoms with Crippen molar-refractivity contribution in [3.8, 4) is 5.75 Å². The number of nitrogens with one attached hydrogen (secondary N) is 3. The molecule has 3 aromatic rings. The molecule has 3 rings (SSSR count). The maximum absolute atomic E-state index is 13.0. The van der Waals surface area contributed by atoms with E-state index in [1.807, 2.05) is 19.1 Å². The van der Waals surface area contributed by atoms with Crippen molar-refractivity contribution >= 4 is 28.9 Å². The Kier molecular flexibility index (Phi) is 6.64. The largest absolute Gasteiger partial charge is 0.495 e. The van der Waals surface area contributed by atoms with Crippen molar-refractivity contribution in [1.29, 1.82) is 0 Å². The standard InChI is InChI=1S/C23H22FN3O3/c1-15-7-12-21(30-2)20(13-15)27-22(28)14-25-19-6-4-3-5-18(19)23(29)26-17-10-8-16(24)9-11-17/h3-13,25H,14H2,1-2H3,(H,26,29)(H,27,28). The second-order valence-electron chi connectivity index (χ2n) is 6.61. The Labute approximate surface area is 174 Å². The van der Waals surface area contributed by atoms with E-state index in [1.165, 1.54) is 31.4 Å². The van der Waals surface area contributed by atoms with Gasteiger partial charge in [0, 0.05) is 11.4 Å². The van der Waals surface area contributed by atoms with E-state index in [9.17, 15) is 14.0 Å². The summed E-state index contributed by atoms with van der Waals surface area (Å²) in [4.78, 5) is 25.0. The van der Waals surface area contributed by atoms with Gasteiger partial charge in [0.25, 0.3) is 5.91 Å². The van der Waals surface area contributed by atoms with E-state index in [0.717, 1.165) is 5.56 Å². The minimum Gasteiger partial charge on any atom is -0.495 e. The fourth-order valence-electron chi connectivity index (χ4n) is 2.86. The van der Waals surface area contributed by atoms with E-state index in [4.69, 9.17) is 4.74 Å². The van der Waals surface area contributed by atoms with Crippen molar-refractivity contribution in [2.24, 2.45) is 0 Å². The number of halogens is 1. The number of benzene rings is 3. The van der Waals surface area contributed by atoms with Crippen molar-refractivity contribution in [2.75, 3.05) is 29.6 Å². The first-order valence-electron chi connectivity index (χ1n) is 9.30. The summed E-state index contributed by atoms with van der Waals surface area (Å²) in [5.41, 5.74) is 2.90. The Hall–Kier alpha value is -3.87. The molecule has 3 N–H and O–H groups in total. The highest BCUT2D eigenvalue weighted by Crippen LogP contribution is 2.25. The van der Waals surface area contributed by atoms with Crippen molar-refractivity contribution < 1.29 is 18.7 Å². The van der Waals surface area contributed by atoms with Gasteiger partial charge >= 0.3 is 0 Å². The third kappa shape index (κ3) is 5.35. The summed E-state index contributed by atoms with van der Waals surface area (Å²) in [6.07, 6.45) is 0. The first-order valence-corrected chi connectivity index (χ1v) is 9.30. The molecule has 0 aromatic heterocycles. The van der Waals surface area contributed by atoms with Crippen LogP contribution in [0.25, 0.3) is 0 Å². The summed E-state index contributed by atoms with van der Waals surface area (Å²) in [6, 6.07) is 17.8. The van der Waals surface area contributed by atoms with E-state index in [1.54, 1.807) is 30.3 Å². The number of amides is 2. The lowest BCUT2D eigenvalue weighted by Crippen LogP contribution is -2.23. The molecule has 0 aliphatic carbocycles. The lowest BCUT2D eigenvalue weighted by molar-refractivity contribution is -0.114. The van der Waals surface area contributed by atoms with Crippen LogP contribution in [-0.4, -0.2) is 25.5 Å². The summed E-state index contributed by atoms with van der Waals surface area (Å²) in [5.74, 6) is -0.475. The highest BCUT2D eigenvalue weighted by Gasteiger charge is 2.13. The molecule has 0 heterocycles. The molecule has 0 atom stereocenters. The van der Waals surface area contributed by atoms with Crippen LogP contribution in [0.4, 0.5) is 21.5 Å². The van der Waals surface area contributed by atoms with Crippen molar-refractivity contribution in [3.63, 3.8) is 0 Å². The minimum absolute atomic E-state index is 0.0437. The molecule has 0 unspecified atom stereocenters. The lowest BCUT2D eigenvalue weighted by atomic mass is 10.1. The molecule has 6 nitrogen and oxygen atoms in total. The molecule has 0 aliphatic heterocycles. The fraction of sp³-hybridized carbons (Fsp3) is 0.130. The van der Waals surface area contributed by atoms with Gasteiger partial charge < -0.3 is 20.7 Å². The zero-order chi connectivity index (χ0) is 21.5. The second-order valence-corrected chi connectivity index (χ2v) is 6.61. The van der Waals surface area contributed by atoms with Gasteiger partial charge in [0.2, 0.25) is 5.91 Å². The number of anilines is 3. The quantitative estimate of drug-likeness (QED) is 0.541. The second kappa shape index (κ2) is 9.56. The highest BCUT2D eigenvalue weighted by molar-refractivity contribution is 6.08. The van der Waals surface area contributed by atoms with Crippen LogP contribution >= 0.6 is 0 Å². The molecule has 3 aromatic carbocycles. The average molecular weight is 407 g/mol. The van der Waals surface area contributed by atoms with Gasteiger partial charge in [-0.3, -0.25) is 9.59 Å². The van der Waals surface area contributed by atoms with Gasteiger partial charge in [0.1, 0.15) is 11.6 Å². The SMILES string of the molecule is COc1ccc(C)cc1NC(=O)CNc1ccccc1C(=O)Nc1ccc(F)cc1. The summed E-state index contributed by atoms with van der Waals surface area (Å²) >= 11 is 0. The number of ether oxygens (including phenoxy) is 1. The number of carbonyl (C=O) groups excluding carboxylic acids is 2. The third-order valence-corrected chi connectivity index (χ3v) is 4.34. The van der Waals surface area contributed by atoms with Crippen LogP contribution < -0.4 is 20.7 Å². The van der Waals surface area contributed by atoms with Crippen molar-refractivity contribution in [3.05, 3.63) is 83.7 Å².